The fourth-order valence-electron chi connectivity index (χ4n) is 2.83. The molecule has 3 aromatic heterocycles. The molecule has 4 rings (SSSR count). The number of fused-ring (bicyclic) bond motifs is 1. The van der Waals surface area contributed by atoms with E-state index in [1.165, 1.54) is 23.1 Å². The lowest BCUT2D eigenvalue weighted by atomic mass is 10.2. The van der Waals surface area contributed by atoms with Crippen LogP contribution in [-0.2, 0) is 12.3 Å². The van der Waals surface area contributed by atoms with Gasteiger partial charge in [0.2, 0.25) is 0 Å². The molecule has 1 aromatic carbocycles. The second kappa shape index (κ2) is 7.46. The van der Waals surface area contributed by atoms with Gasteiger partial charge in [-0.15, -0.1) is 21.5 Å². The zero-order valence-corrected chi connectivity index (χ0v) is 17.1. The monoisotopic (exact) mass is 417 g/mol. The Balaban J connectivity index is 1.61. The largest absolute Gasteiger partial charge is 0.302 e. The number of hydrogen-bond donors (Lipinski definition) is 0. The van der Waals surface area contributed by atoms with Crippen molar-refractivity contribution in [3.8, 4) is 11.4 Å². The summed E-state index contributed by atoms with van der Waals surface area (Å²) >= 11 is 9.09. The van der Waals surface area contributed by atoms with E-state index in [0.29, 0.717) is 15.7 Å². The average molecular weight is 418 g/mol. The second-order valence-corrected chi connectivity index (χ2v) is 8.15. The minimum absolute atomic E-state index is 0.0501. The van der Waals surface area contributed by atoms with Gasteiger partial charge < -0.3 is 4.57 Å². The normalized spacial score (nSPS) is 11.4. The SMILES string of the molecule is CCn1c(SCc2cc(=O)n3c(C)csc3n2)nnc1-c1cccc(Cl)c1. The van der Waals surface area contributed by atoms with Crippen molar-refractivity contribution in [3.63, 3.8) is 0 Å². The second-order valence-electron chi connectivity index (χ2n) is 5.93. The molecular formula is C18H16ClN5OS2. The summed E-state index contributed by atoms with van der Waals surface area (Å²) in [5.74, 6) is 1.33. The molecule has 0 aliphatic carbocycles. The molecule has 138 valence electrons. The van der Waals surface area contributed by atoms with Gasteiger partial charge in [-0.1, -0.05) is 35.5 Å². The summed E-state index contributed by atoms with van der Waals surface area (Å²) in [6, 6.07) is 9.16. The Morgan fingerprint density at radius 2 is 2.11 bits per heavy atom. The van der Waals surface area contributed by atoms with Crippen molar-refractivity contribution in [1.29, 1.82) is 0 Å². The number of aromatic nitrogens is 5. The Morgan fingerprint density at radius 3 is 2.89 bits per heavy atom. The van der Waals surface area contributed by atoms with Crippen LogP contribution in [0, 0.1) is 6.92 Å². The third-order valence-corrected chi connectivity index (χ3v) is 6.27. The van der Waals surface area contributed by atoms with Crippen molar-refractivity contribution in [3.05, 3.63) is 62.5 Å². The minimum atomic E-state index is -0.0501. The Bertz CT molecular complexity index is 1180. The Kier molecular flexibility index (Phi) is 5.03. The zero-order chi connectivity index (χ0) is 19.0. The van der Waals surface area contributed by atoms with Crippen molar-refractivity contribution >= 4 is 39.7 Å². The molecule has 0 aliphatic rings. The third-order valence-electron chi connectivity index (χ3n) is 4.09. The summed E-state index contributed by atoms with van der Waals surface area (Å²) in [6.07, 6.45) is 0. The highest BCUT2D eigenvalue weighted by Crippen LogP contribution is 2.27. The molecule has 0 fully saturated rings. The maximum Gasteiger partial charge on any atom is 0.258 e. The lowest BCUT2D eigenvalue weighted by Gasteiger charge is -2.07. The van der Waals surface area contributed by atoms with Gasteiger partial charge in [-0.25, -0.2) is 4.98 Å². The van der Waals surface area contributed by atoms with E-state index in [-0.39, 0.29) is 5.56 Å². The fraction of sp³-hybridized carbons (Fsp3) is 0.222. The molecule has 0 aliphatic heterocycles. The van der Waals surface area contributed by atoms with Gasteiger partial charge in [-0.2, -0.15) is 0 Å². The molecular weight excluding hydrogens is 402 g/mol. The van der Waals surface area contributed by atoms with E-state index in [9.17, 15) is 4.79 Å². The molecule has 9 heteroatoms. The number of nitrogens with zero attached hydrogens (tertiary/aromatic N) is 5. The number of benzene rings is 1. The van der Waals surface area contributed by atoms with Gasteiger partial charge in [0, 0.05) is 40.0 Å². The Labute approximate surface area is 168 Å². The van der Waals surface area contributed by atoms with Crippen LogP contribution in [0.4, 0.5) is 0 Å². The van der Waals surface area contributed by atoms with Crippen LogP contribution in [0.3, 0.4) is 0 Å². The van der Waals surface area contributed by atoms with Crippen molar-refractivity contribution in [2.75, 3.05) is 0 Å². The summed E-state index contributed by atoms with van der Waals surface area (Å²) in [7, 11) is 0. The summed E-state index contributed by atoms with van der Waals surface area (Å²) in [5, 5.41) is 12.0. The van der Waals surface area contributed by atoms with E-state index >= 15 is 0 Å². The summed E-state index contributed by atoms with van der Waals surface area (Å²) in [4.78, 5) is 17.6. The first kappa shape index (κ1) is 18.2. The quantitative estimate of drug-likeness (QED) is 0.453. The molecule has 0 amide bonds. The number of aryl methyl sites for hydroxylation is 1. The van der Waals surface area contributed by atoms with Gasteiger partial charge in [-0.05, 0) is 26.0 Å². The van der Waals surface area contributed by atoms with Crippen LogP contribution in [0.15, 0.2) is 45.7 Å². The number of hydrogen-bond acceptors (Lipinski definition) is 6. The van der Waals surface area contributed by atoms with E-state index in [2.05, 4.69) is 15.2 Å². The molecule has 27 heavy (non-hydrogen) atoms. The van der Waals surface area contributed by atoms with E-state index in [1.54, 1.807) is 10.5 Å². The highest BCUT2D eigenvalue weighted by Gasteiger charge is 2.14. The van der Waals surface area contributed by atoms with Gasteiger partial charge >= 0.3 is 0 Å². The molecule has 6 nitrogen and oxygen atoms in total. The highest BCUT2D eigenvalue weighted by atomic mass is 35.5. The maximum atomic E-state index is 12.3. The van der Waals surface area contributed by atoms with Crippen LogP contribution < -0.4 is 5.56 Å². The molecule has 0 saturated carbocycles. The van der Waals surface area contributed by atoms with E-state index in [0.717, 1.165) is 34.5 Å². The minimum Gasteiger partial charge on any atom is -0.302 e. The van der Waals surface area contributed by atoms with Crippen LogP contribution in [-0.4, -0.2) is 24.1 Å². The first-order valence-electron chi connectivity index (χ1n) is 8.35. The molecule has 4 aromatic rings. The van der Waals surface area contributed by atoms with Crippen LogP contribution >= 0.6 is 34.7 Å². The van der Waals surface area contributed by atoms with Crippen molar-refractivity contribution < 1.29 is 0 Å². The lowest BCUT2D eigenvalue weighted by Crippen LogP contribution is -2.14. The summed E-state index contributed by atoms with van der Waals surface area (Å²) in [6.45, 7) is 4.69. The van der Waals surface area contributed by atoms with Crippen LogP contribution in [0.1, 0.15) is 18.3 Å². The standard InChI is InChI=1S/C18H16ClN5OS2/c1-3-23-16(12-5-4-6-13(19)7-12)21-22-18(23)27-10-14-8-15(25)24-11(2)9-26-17(24)20-14/h4-9H,3,10H2,1-2H3. The summed E-state index contributed by atoms with van der Waals surface area (Å²) < 4.78 is 3.67. The predicted molar refractivity (Wildman–Crippen MR) is 110 cm³/mol. The maximum absolute atomic E-state index is 12.3. The Morgan fingerprint density at radius 1 is 1.26 bits per heavy atom. The highest BCUT2D eigenvalue weighted by molar-refractivity contribution is 7.98. The lowest BCUT2D eigenvalue weighted by molar-refractivity contribution is 0.687. The molecule has 0 N–H and O–H groups in total. The van der Waals surface area contributed by atoms with Crippen molar-refractivity contribution in [1.82, 2.24) is 24.1 Å². The van der Waals surface area contributed by atoms with E-state index in [4.69, 9.17) is 11.6 Å². The fourth-order valence-corrected chi connectivity index (χ4v) is 4.81. The zero-order valence-electron chi connectivity index (χ0n) is 14.7. The third kappa shape index (κ3) is 3.52. The topological polar surface area (TPSA) is 65.1 Å². The average Bonchev–Trinajstić information content (AvgIpc) is 3.23. The number of thiazole rings is 1. The molecule has 0 saturated heterocycles. The van der Waals surface area contributed by atoms with Gasteiger partial charge in [0.15, 0.2) is 15.9 Å². The van der Waals surface area contributed by atoms with E-state index < -0.39 is 0 Å². The van der Waals surface area contributed by atoms with Gasteiger partial charge in [0.1, 0.15) is 0 Å². The van der Waals surface area contributed by atoms with Gasteiger partial charge in [0.25, 0.3) is 5.56 Å². The molecule has 0 atom stereocenters. The van der Waals surface area contributed by atoms with Crippen LogP contribution in [0.25, 0.3) is 16.3 Å². The van der Waals surface area contributed by atoms with E-state index in [1.807, 2.05) is 48.1 Å². The molecule has 0 radical (unpaired) electrons. The molecule has 0 bridgehead atoms. The number of thioether (sulfide) groups is 1. The number of halogens is 1. The molecule has 0 spiro atoms. The smallest absolute Gasteiger partial charge is 0.258 e. The molecule has 0 unspecified atom stereocenters. The Hall–Kier alpha value is -2.16. The van der Waals surface area contributed by atoms with Crippen LogP contribution in [0.2, 0.25) is 5.02 Å². The van der Waals surface area contributed by atoms with Crippen molar-refractivity contribution in [2.24, 2.45) is 0 Å². The number of rotatable bonds is 5. The van der Waals surface area contributed by atoms with Gasteiger partial charge in [0.05, 0.1) is 5.69 Å². The predicted octanol–water partition coefficient (Wildman–Crippen LogP) is 4.29. The summed E-state index contributed by atoms with van der Waals surface area (Å²) in [5.41, 5.74) is 2.52. The van der Waals surface area contributed by atoms with Gasteiger partial charge in [-0.3, -0.25) is 9.20 Å². The van der Waals surface area contributed by atoms with Crippen molar-refractivity contribution in [2.45, 2.75) is 31.3 Å². The first-order valence-corrected chi connectivity index (χ1v) is 10.6. The molecule has 3 heterocycles. The first-order chi connectivity index (χ1) is 13.1. The van der Waals surface area contributed by atoms with Crippen LogP contribution in [0.5, 0.6) is 0 Å².